The number of furan rings is 1. The minimum atomic E-state index is -0.0686. The van der Waals surface area contributed by atoms with Crippen LogP contribution in [0.15, 0.2) is 59.1 Å². The summed E-state index contributed by atoms with van der Waals surface area (Å²) in [6.45, 7) is 3.53. The number of hydrogen-bond donors (Lipinski definition) is 2. The first-order chi connectivity index (χ1) is 17.6. The summed E-state index contributed by atoms with van der Waals surface area (Å²) in [4.78, 5) is 20.9. The Kier molecular flexibility index (Phi) is 6.50. The first-order valence-electron chi connectivity index (χ1n) is 13.0. The van der Waals surface area contributed by atoms with Crippen LogP contribution in [0.2, 0.25) is 5.02 Å². The lowest BCUT2D eigenvalue weighted by Crippen LogP contribution is -2.50. The van der Waals surface area contributed by atoms with Crippen molar-refractivity contribution in [2.24, 2.45) is 5.92 Å². The largest absolute Gasteiger partial charge is 0.451 e. The first kappa shape index (κ1) is 23.6. The smallest absolute Gasteiger partial charge is 0.289 e. The van der Waals surface area contributed by atoms with Crippen molar-refractivity contribution in [1.82, 2.24) is 14.8 Å². The van der Waals surface area contributed by atoms with Crippen molar-refractivity contribution < 1.29 is 14.3 Å². The van der Waals surface area contributed by atoms with Crippen molar-refractivity contribution >= 4 is 39.4 Å². The molecule has 2 saturated heterocycles. The number of amides is 1. The molecule has 1 atom stereocenters. The number of likely N-dealkylation sites (tertiary alicyclic amines) is 2. The van der Waals surface area contributed by atoms with Crippen LogP contribution in [0, 0.1) is 5.92 Å². The number of rotatable bonds is 5. The Bertz CT molecular complexity index is 1360. The van der Waals surface area contributed by atoms with E-state index in [-0.39, 0.29) is 18.6 Å². The molecule has 6 rings (SSSR count). The lowest BCUT2D eigenvalue weighted by atomic mass is 9.84. The van der Waals surface area contributed by atoms with Crippen LogP contribution in [0.3, 0.4) is 0 Å². The minimum Gasteiger partial charge on any atom is -0.451 e. The highest BCUT2D eigenvalue weighted by Crippen LogP contribution is 2.35. The molecule has 188 valence electrons. The van der Waals surface area contributed by atoms with Gasteiger partial charge >= 0.3 is 0 Å². The number of carbonyl (C=O) groups excluding carboxylic acids is 1. The SMILES string of the molecule is O=C(c1cc2cc(Cl)ccc2o1)N1CCC(C(CO)N2CCC(c3c[nH]c4ccccc34)CC2)CC1. The summed E-state index contributed by atoms with van der Waals surface area (Å²) in [5.74, 6) is 1.23. The van der Waals surface area contributed by atoms with Crippen LogP contribution < -0.4 is 0 Å². The number of hydrogen-bond acceptors (Lipinski definition) is 4. The fraction of sp³-hybridized carbons (Fsp3) is 0.414. The van der Waals surface area contributed by atoms with Gasteiger partial charge in [0.2, 0.25) is 0 Å². The molecule has 6 nitrogen and oxygen atoms in total. The maximum absolute atomic E-state index is 13.1. The molecule has 1 unspecified atom stereocenters. The van der Waals surface area contributed by atoms with Crippen LogP contribution >= 0.6 is 11.6 Å². The van der Waals surface area contributed by atoms with E-state index in [4.69, 9.17) is 16.0 Å². The second-order valence-corrected chi connectivity index (χ2v) is 10.7. The van der Waals surface area contributed by atoms with Crippen LogP contribution in [0.5, 0.6) is 0 Å². The average molecular weight is 506 g/mol. The molecule has 0 spiro atoms. The van der Waals surface area contributed by atoms with Crippen LogP contribution in [-0.4, -0.2) is 64.6 Å². The Morgan fingerprint density at radius 2 is 1.83 bits per heavy atom. The third-order valence-corrected chi connectivity index (χ3v) is 8.54. The van der Waals surface area contributed by atoms with E-state index in [1.54, 1.807) is 18.2 Å². The highest BCUT2D eigenvalue weighted by atomic mass is 35.5. The molecule has 0 bridgehead atoms. The van der Waals surface area contributed by atoms with Gasteiger partial charge in [0.25, 0.3) is 5.91 Å². The van der Waals surface area contributed by atoms with E-state index < -0.39 is 0 Å². The van der Waals surface area contributed by atoms with Gasteiger partial charge in [-0.25, -0.2) is 0 Å². The summed E-state index contributed by atoms with van der Waals surface area (Å²) in [6, 6.07) is 15.8. The van der Waals surface area contributed by atoms with Gasteiger partial charge in [0, 0.05) is 46.6 Å². The van der Waals surface area contributed by atoms with E-state index in [2.05, 4.69) is 40.3 Å². The van der Waals surface area contributed by atoms with E-state index in [0.717, 1.165) is 44.2 Å². The average Bonchev–Trinajstić information content (AvgIpc) is 3.54. The first-order valence-corrected chi connectivity index (χ1v) is 13.4. The molecule has 0 aliphatic carbocycles. The number of benzene rings is 2. The van der Waals surface area contributed by atoms with Crippen molar-refractivity contribution in [2.75, 3.05) is 32.8 Å². The van der Waals surface area contributed by atoms with Gasteiger partial charge in [0.05, 0.1) is 6.61 Å². The number of para-hydroxylation sites is 1. The molecule has 2 aromatic heterocycles. The number of fused-ring (bicyclic) bond motifs is 2. The summed E-state index contributed by atoms with van der Waals surface area (Å²) in [7, 11) is 0. The zero-order valence-electron chi connectivity index (χ0n) is 20.3. The van der Waals surface area contributed by atoms with Crippen LogP contribution in [-0.2, 0) is 0 Å². The molecule has 2 N–H and O–H groups in total. The summed E-state index contributed by atoms with van der Waals surface area (Å²) in [6.07, 6.45) is 6.17. The molecule has 7 heteroatoms. The van der Waals surface area contributed by atoms with Crippen molar-refractivity contribution in [2.45, 2.75) is 37.6 Å². The van der Waals surface area contributed by atoms with Crippen molar-refractivity contribution in [3.8, 4) is 0 Å². The molecule has 0 radical (unpaired) electrons. The third-order valence-electron chi connectivity index (χ3n) is 8.31. The molecule has 1 amide bonds. The number of halogens is 1. The van der Waals surface area contributed by atoms with Gasteiger partial charge in [0.15, 0.2) is 5.76 Å². The lowest BCUT2D eigenvalue weighted by molar-refractivity contribution is 0.0303. The predicted octanol–water partition coefficient (Wildman–Crippen LogP) is 5.66. The second-order valence-electron chi connectivity index (χ2n) is 10.3. The standard InChI is InChI=1S/C29H32ClN3O3/c30-22-5-6-27-21(15-22)16-28(36-27)29(35)33-13-9-20(10-14-33)26(18-34)32-11-7-19(8-12-32)24-17-31-25-4-2-1-3-23(24)25/h1-6,15-17,19-20,26,31,34H,7-14,18H2. The van der Waals surface area contributed by atoms with Gasteiger partial charge in [-0.05, 0) is 86.5 Å². The number of carbonyl (C=O) groups is 1. The Morgan fingerprint density at radius 3 is 2.61 bits per heavy atom. The summed E-state index contributed by atoms with van der Waals surface area (Å²) in [5, 5.41) is 13.1. The van der Waals surface area contributed by atoms with Gasteiger partial charge in [-0.1, -0.05) is 29.8 Å². The Labute approximate surface area is 215 Å². The molecular formula is C29H32ClN3O3. The fourth-order valence-electron chi connectivity index (χ4n) is 6.30. The fourth-order valence-corrected chi connectivity index (χ4v) is 6.48. The Morgan fingerprint density at radius 1 is 1.06 bits per heavy atom. The van der Waals surface area contributed by atoms with Crippen molar-refractivity contribution in [3.05, 3.63) is 71.1 Å². The van der Waals surface area contributed by atoms with Gasteiger partial charge < -0.3 is 19.4 Å². The van der Waals surface area contributed by atoms with E-state index in [1.807, 2.05) is 11.0 Å². The Hall–Kier alpha value is -2.80. The number of aliphatic hydroxyl groups is 1. The molecule has 4 aromatic rings. The number of nitrogens with one attached hydrogen (secondary N) is 1. The number of aromatic nitrogens is 1. The number of H-pyrrole nitrogens is 1. The van der Waals surface area contributed by atoms with E-state index in [1.165, 1.54) is 16.5 Å². The van der Waals surface area contributed by atoms with Crippen LogP contribution in [0.25, 0.3) is 21.9 Å². The molecule has 2 fully saturated rings. The zero-order chi connectivity index (χ0) is 24.6. The van der Waals surface area contributed by atoms with Gasteiger partial charge in [-0.2, -0.15) is 0 Å². The van der Waals surface area contributed by atoms with E-state index in [9.17, 15) is 9.90 Å². The van der Waals surface area contributed by atoms with Crippen LogP contribution in [0.1, 0.15) is 47.7 Å². The normalized spacial score (nSPS) is 19.3. The van der Waals surface area contributed by atoms with E-state index >= 15 is 0 Å². The van der Waals surface area contributed by atoms with Gasteiger partial charge in [-0.15, -0.1) is 0 Å². The monoisotopic (exact) mass is 505 g/mol. The maximum atomic E-state index is 13.1. The number of nitrogens with zero attached hydrogens (tertiary/aromatic N) is 2. The summed E-state index contributed by atoms with van der Waals surface area (Å²) in [5.41, 5.74) is 3.30. The quantitative estimate of drug-likeness (QED) is 0.367. The topological polar surface area (TPSA) is 72.7 Å². The molecule has 36 heavy (non-hydrogen) atoms. The third kappa shape index (κ3) is 4.42. The summed E-state index contributed by atoms with van der Waals surface area (Å²) < 4.78 is 5.80. The van der Waals surface area contributed by atoms with Gasteiger partial charge in [0.1, 0.15) is 5.58 Å². The molecular weight excluding hydrogens is 474 g/mol. The highest BCUT2D eigenvalue weighted by Gasteiger charge is 2.34. The molecule has 0 saturated carbocycles. The highest BCUT2D eigenvalue weighted by molar-refractivity contribution is 6.31. The van der Waals surface area contributed by atoms with Crippen LogP contribution in [0.4, 0.5) is 0 Å². The molecule has 2 aliphatic heterocycles. The number of aliphatic hydroxyl groups excluding tert-OH is 1. The van der Waals surface area contributed by atoms with Crippen molar-refractivity contribution in [1.29, 1.82) is 0 Å². The molecule has 2 aliphatic rings. The minimum absolute atomic E-state index is 0.0686. The molecule has 2 aromatic carbocycles. The second kappa shape index (κ2) is 9.92. The summed E-state index contributed by atoms with van der Waals surface area (Å²) >= 11 is 6.07. The predicted molar refractivity (Wildman–Crippen MR) is 143 cm³/mol. The lowest BCUT2D eigenvalue weighted by Gasteiger charge is -2.43. The number of aromatic amines is 1. The maximum Gasteiger partial charge on any atom is 0.289 e. The van der Waals surface area contributed by atoms with Crippen molar-refractivity contribution in [3.63, 3.8) is 0 Å². The Balaban J connectivity index is 1.06. The van der Waals surface area contributed by atoms with E-state index in [0.29, 0.717) is 41.3 Å². The van der Waals surface area contributed by atoms with Gasteiger partial charge in [-0.3, -0.25) is 9.69 Å². The zero-order valence-corrected chi connectivity index (χ0v) is 21.1. The number of piperidine rings is 2. The molecule has 4 heterocycles.